The van der Waals surface area contributed by atoms with E-state index >= 15 is 0 Å². The van der Waals surface area contributed by atoms with Crippen LogP contribution in [0.2, 0.25) is 0 Å². The molecule has 0 radical (unpaired) electrons. The van der Waals surface area contributed by atoms with Gasteiger partial charge in [0.05, 0.1) is 6.10 Å². The Kier molecular flexibility index (Phi) is 5.80. The van der Waals surface area contributed by atoms with Gasteiger partial charge in [0.15, 0.2) is 6.10 Å². The first-order valence-corrected chi connectivity index (χ1v) is 8.04. The first kappa shape index (κ1) is 17.1. The summed E-state index contributed by atoms with van der Waals surface area (Å²) >= 11 is 0. The monoisotopic (exact) mass is 312 g/mol. The Balaban J connectivity index is 1.99. The Hall–Kier alpha value is -2.29. The molecule has 0 amide bonds. The summed E-state index contributed by atoms with van der Waals surface area (Å²) in [6.45, 7) is 7.63. The highest BCUT2D eigenvalue weighted by atomic mass is 16.6. The molecule has 0 aliphatic carbocycles. The number of aryl methyl sites for hydroxylation is 1. The highest BCUT2D eigenvalue weighted by molar-refractivity contribution is 5.75. The Bertz CT molecular complexity index is 629. The van der Waals surface area contributed by atoms with Crippen LogP contribution in [0.4, 0.5) is 0 Å². The van der Waals surface area contributed by atoms with Gasteiger partial charge in [-0.3, -0.25) is 0 Å². The normalized spacial score (nSPS) is 13.2. The molecular formula is C20H24O3. The lowest BCUT2D eigenvalue weighted by Crippen LogP contribution is -2.29. The van der Waals surface area contributed by atoms with E-state index in [1.54, 1.807) is 6.92 Å². The maximum absolute atomic E-state index is 11.9. The minimum atomic E-state index is -0.616. The number of hydrogen-bond donors (Lipinski definition) is 0. The van der Waals surface area contributed by atoms with Crippen molar-refractivity contribution in [2.75, 3.05) is 0 Å². The number of rotatable bonds is 6. The molecule has 2 aromatic rings. The fraction of sp³-hybridized carbons (Fsp3) is 0.350. The summed E-state index contributed by atoms with van der Waals surface area (Å²) in [6.07, 6.45) is 0.0932. The number of ether oxygens (including phenoxy) is 2. The van der Waals surface area contributed by atoms with Gasteiger partial charge in [0.25, 0.3) is 0 Å². The van der Waals surface area contributed by atoms with Crippen LogP contribution in [0.25, 0.3) is 11.1 Å². The van der Waals surface area contributed by atoms with Gasteiger partial charge in [0, 0.05) is 0 Å². The smallest absolute Gasteiger partial charge is 0.347 e. The average molecular weight is 312 g/mol. The molecule has 0 aliphatic heterocycles. The van der Waals surface area contributed by atoms with Crippen molar-refractivity contribution in [3.63, 3.8) is 0 Å². The summed E-state index contributed by atoms with van der Waals surface area (Å²) in [5, 5.41) is 0. The third-order valence-corrected chi connectivity index (χ3v) is 3.78. The Morgan fingerprint density at radius 1 is 0.957 bits per heavy atom. The van der Waals surface area contributed by atoms with Gasteiger partial charge in [-0.05, 0) is 50.5 Å². The topological polar surface area (TPSA) is 35.5 Å². The second kappa shape index (κ2) is 7.82. The molecule has 0 aromatic heterocycles. The van der Waals surface area contributed by atoms with E-state index in [9.17, 15) is 4.79 Å². The standard InChI is InChI=1S/C20H24O3/c1-5-15(3)22-20(21)16(4)23-19-12-10-18(11-13-19)17-8-6-14(2)7-9-17/h6-13,15-16H,5H2,1-4H3/t15-,16+/m1/s1. The summed E-state index contributed by atoms with van der Waals surface area (Å²) in [5.41, 5.74) is 3.51. The van der Waals surface area contributed by atoms with Crippen molar-refractivity contribution in [2.24, 2.45) is 0 Å². The molecule has 0 saturated heterocycles. The summed E-state index contributed by atoms with van der Waals surface area (Å²) in [5.74, 6) is 0.330. The second-order valence-electron chi connectivity index (χ2n) is 5.81. The predicted octanol–water partition coefficient (Wildman–Crippen LogP) is 4.77. The van der Waals surface area contributed by atoms with Crippen molar-refractivity contribution < 1.29 is 14.3 Å². The highest BCUT2D eigenvalue weighted by Gasteiger charge is 2.18. The Morgan fingerprint density at radius 3 is 2.00 bits per heavy atom. The van der Waals surface area contributed by atoms with E-state index in [0.717, 1.165) is 17.5 Å². The molecule has 0 spiro atoms. The van der Waals surface area contributed by atoms with Crippen molar-refractivity contribution in [3.05, 3.63) is 54.1 Å². The van der Waals surface area contributed by atoms with Crippen LogP contribution in [-0.4, -0.2) is 18.2 Å². The minimum Gasteiger partial charge on any atom is -0.479 e. The van der Waals surface area contributed by atoms with Crippen LogP contribution in [0.1, 0.15) is 32.8 Å². The molecular weight excluding hydrogens is 288 g/mol. The third-order valence-electron chi connectivity index (χ3n) is 3.78. The van der Waals surface area contributed by atoms with Crippen LogP contribution in [0.5, 0.6) is 5.75 Å². The minimum absolute atomic E-state index is 0.0857. The molecule has 3 nitrogen and oxygen atoms in total. The molecule has 0 saturated carbocycles. The van der Waals surface area contributed by atoms with Crippen molar-refractivity contribution in [1.29, 1.82) is 0 Å². The van der Waals surface area contributed by atoms with E-state index in [2.05, 4.69) is 31.2 Å². The number of esters is 1. The van der Waals surface area contributed by atoms with E-state index in [0.29, 0.717) is 5.75 Å². The van der Waals surface area contributed by atoms with Gasteiger partial charge >= 0.3 is 5.97 Å². The molecule has 2 aromatic carbocycles. The lowest BCUT2D eigenvalue weighted by Gasteiger charge is -2.17. The lowest BCUT2D eigenvalue weighted by atomic mass is 10.0. The summed E-state index contributed by atoms with van der Waals surface area (Å²) < 4.78 is 10.9. The van der Waals surface area contributed by atoms with E-state index in [4.69, 9.17) is 9.47 Å². The SMILES string of the molecule is CC[C@@H](C)OC(=O)[C@H](C)Oc1ccc(-c2ccc(C)cc2)cc1. The maximum Gasteiger partial charge on any atom is 0.347 e. The fourth-order valence-corrected chi connectivity index (χ4v) is 2.10. The zero-order valence-corrected chi connectivity index (χ0v) is 14.2. The van der Waals surface area contributed by atoms with Gasteiger partial charge in [0.1, 0.15) is 5.75 Å². The molecule has 122 valence electrons. The van der Waals surface area contributed by atoms with Gasteiger partial charge in [-0.2, -0.15) is 0 Å². The number of benzene rings is 2. The predicted molar refractivity (Wildman–Crippen MR) is 92.6 cm³/mol. The van der Waals surface area contributed by atoms with Crippen LogP contribution in [-0.2, 0) is 9.53 Å². The van der Waals surface area contributed by atoms with Gasteiger partial charge < -0.3 is 9.47 Å². The van der Waals surface area contributed by atoms with Gasteiger partial charge in [-0.15, -0.1) is 0 Å². The second-order valence-corrected chi connectivity index (χ2v) is 5.81. The third kappa shape index (κ3) is 4.85. The molecule has 2 atom stereocenters. The molecule has 0 bridgehead atoms. The van der Waals surface area contributed by atoms with Crippen molar-refractivity contribution in [1.82, 2.24) is 0 Å². The van der Waals surface area contributed by atoms with Crippen molar-refractivity contribution in [2.45, 2.75) is 46.3 Å². The molecule has 3 heteroatoms. The quantitative estimate of drug-likeness (QED) is 0.721. The maximum atomic E-state index is 11.9. The van der Waals surface area contributed by atoms with Crippen LogP contribution >= 0.6 is 0 Å². The Labute approximate surface area is 138 Å². The summed E-state index contributed by atoms with van der Waals surface area (Å²) in [4.78, 5) is 11.9. The van der Waals surface area contributed by atoms with Gasteiger partial charge in [0.2, 0.25) is 0 Å². The molecule has 0 aliphatic rings. The van der Waals surface area contributed by atoms with Crippen molar-refractivity contribution in [3.8, 4) is 16.9 Å². The highest BCUT2D eigenvalue weighted by Crippen LogP contribution is 2.23. The lowest BCUT2D eigenvalue weighted by molar-refractivity contribution is -0.155. The number of carbonyl (C=O) groups is 1. The van der Waals surface area contributed by atoms with Crippen LogP contribution in [0.3, 0.4) is 0 Å². The van der Waals surface area contributed by atoms with E-state index in [1.165, 1.54) is 5.56 Å². The van der Waals surface area contributed by atoms with Gasteiger partial charge in [-0.25, -0.2) is 4.79 Å². The van der Waals surface area contributed by atoms with E-state index in [-0.39, 0.29) is 12.1 Å². The van der Waals surface area contributed by atoms with Crippen molar-refractivity contribution >= 4 is 5.97 Å². The van der Waals surface area contributed by atoms with Crippen LogP contribution in [0, 0.1) is 6.92 Å². The number of carbonyl (C=O) groups excluding carboxylic acids is 1. The van der Waals surface area contributed by atoms with Crippen LogP contribution < -0.4 is 4.74 Å². The van der Waals surface area contributed by atoms with Crippen LogP contribution in [0.15, 0.2) is 48.5 Å². The van der Waals surface area contributed by atoms with Gasteiger partial charge in [-0.1, -0.05) is 48.9 Å². The molecule has 2 rings (SSSR count). The first-order valence-electron chi connectivity index (χ1n) is 8.04. The van der Waals surface area contributed by atoms with E-state index in [1.807, 2.05) is 38.1 Å². The van der Waals surface area contributed by atoms with E-state index < -0.39 is 6.10 Å². The number of hydrogen-bond acceptors (Lipinski definition) is 3. The molecule has 23 heavy (non-hydrogen) atoms. The average Bonchev–Trinajstić information content (AvgIpc) is 2.56. The zero-order valence-electron chi connectivity index (χ0n) is 14.2. The zero-order chi connectivity index (χ0) is 16.8. The summed E-state index contributed by atoms with van der Waals surface area (Å²) in [6, 6.07) is 16.1. The summed E-state index contributed by atoms with van der Waals surface area (Å²) in [7, 11) is 0. The molecule has 0 fully saturated rings. The fourth-order valence-electron chi connectivity index (χ4n) is 2.10. The Morgan fingerprint density at radius 2 is 1.48 bits per heavy atom. The molecule has 0 heterocycles. The molecule has 0 unspecified atom stereocenters. The largest absolute Gasteiger partial charge is 0.479 e. The molecule has 0 N–H and O–H groups in total. The first-order chi connectivity index (χ1) is 11.0.